The average molecular weight is 400 g/mol. The summed E-state index contributed by atoms with van der Waals surface area (Å²) in [6.07, 6.45) is 0.762. The number of hydrogen-bond donors (Lipinski definition) is 4. The number of benzene rings is 2. The number of β-amino-alcohol motifs (C(OH)–C–C–N with tert-alkyl or cyclic N) is 1. The van der Waals surface area contributed by atoms with E-state index in [1.807, 2.05) is 18.2 Å². The van der Waals surface area contributed by atoms with Crippen molar-refractivity contribution in [3.63, 3.8) is 0 Å². The monoisotopic (exact) mass is 400 g/mol. The topological polar surface area (TPSA) is 100 Å². The lowest BCUT2D eigenvalue weighted by atomic mass is 9.94. The van der Waals surface area contributed by atoms with Crippen LogP contribution in [-0.4, -0.2) is 41.9 Å². The van der Waals surface area contributed by atoms with Crippen molar-refractivity contribution in [2.45, 2.75) is 38.3 Å². The van der Waals surface area contributed by atoms with Gasteiger partial charge in [-0.1, -0.05) is 18.2 Å². The van der Waals surface area contributed by atoms with Crippen LogP contribution in [0.4, 0.5) is 5.69 Å². The summed E-state index contributed by atoms with van der Waals surface area (Å²) in [4.78, 5) is 11.5. The summed E-state index contributed by atoms with van der Waals surface area (Å²) in [6, 6.07) is 10.8. The van der Waals surface area contributed by atoms with Crippen LogP contribution in [0.2, 0.25) is 0 Å². The molecular weight excluding hydrogens is 372 g/mol. The van der Waals surface area contributed by atoms with Crippen LogP contribution in [0.1, 0.15) is 37.5 Å². The number of carbonyl (C=O) groups excluding carboxylic acids is 1. The molecule has 1 heterocycles. The Morgan fingerprint density at radius 3 is 2.83 bits per heavy atom. The number of rotatable bonds is 8. The standard InChI is InChI=1S/C22H28N2O5/c1-22(2,9-8-14-6-4-5-7-19(14)28-3)23-12-18(26)16-10-15(25)11-17-21(16)29-13-20(27)24-17/h4-7,10-11,18,23,25-26H,8-9,12-13H2,1-3H3,(H,24,27)/t18-/m0/s1. The van der Waals surface area contributed by atoms with E-state index < -0.39 is 6.10 Å². The molecule has 0 saturated carbocycles. The van der Waals surface area contributed by atoms with E-state index in [1.165, 1.54) is 12.1 Å². The fraction of sp³-hybridized carbons (Fsp3) is 0.409. The fourth-order valence-corrected chi connectivity index (χ4v) is 3.39. The first-order valence-corrected chi connectivity index (χ1v) is 9.63. The van der Waals surface area contributed by atoms with E-state index in [0.29, 0.717) is 17.0 Å². The summed E-state index contributed by atoms with van der Waals surface area (Å²) in [5, 5.41) is 26.7. The number of phenols is 1. The molecule has 1 aliphatic heterocycles. The predicted octanol–water partition coefficient (Wildman–Crippen LogP) is 2.77. The number of fused-ring (bicyclic) bond motifs is 1. The van der Waals surface area contributed by atoms with Crippen LogP contribution in [0.25, 0.3) is 0 Å². The summed E-state index contributed by atoms with van der Waals surface area (Å²) in [6.45, 7) is 4.30. The molecule has 7 heteroatoms. The molecule has 0 saturated heterocycles. The average Bonchev–Trinajstić information content (AvgIpc) is 2.70. The molecule has 7 nitrogen and oxygen atoms in total. The minimum Gasteiger partial charge on any atom is -0.508 e. The van der Waals surface area contributed by atoms with E-state index in [1.54, 1.807) is 7.11 Å². The SMILES string of the molecule is COc1ccccc1CCC(C)(C)NC[C@H](O)c1cc(O)cc2c1OCC(=O)N2. The summed E-state index contributed by atoms with van der Waals surface area (Å²) in [5.74, 6) is 0.926. The quantitative estimate of drug-likeness (QED) is 0.544. The molecule has 1 atom stereocenters. The van der Waals surface area contributed by atoms with Gasteiger partial charge in [0.15, 0.2) is 6.61 Å². The Morgan fingerprint density at radius 2 is 2.07 bits per heavy atom. The van der Waals surface area contributed by atoms with Crippen LogP contribution >= 0.6 is 0 Å². The zero-order valence-corrected chi connectivity index (χ0v) is 17.0. The number of nitrogens with one attached hydrogen (secondary N) is 2. The first-order chi connectivity index (χ1) is 13.8. The Bertz CT molecular complexity index is 882. The molecule has 4 N–H and O–H groups in total. The lowest BCUT2D eigenvalue weighted by Crippen LogP contribution is -2.42. The molecule has 156 valence electrons. The molecular formula is C22H28N2O5. The van der Waals surface area contributed by atoms with Crippen LogP contribution in [0, 0.1) is 0 Å². The number of hydrogen-bond acceptors (Lipinski definition) is 6. The molecule has 2 aromatic rings. The second-order valence-corrected chi connectivity index (χ2v) is 7.84. The zero-order chi connectivity index (χ0) is 21.0. The number of aryl methyl sites for hydroxylation is 1. The minimum absolute atomic E-state index is 0.0426. The number of para-hydroxylation sites is 1. The number of phenolic OH excluding ortho intramolecular Hbond substituents is 1. The second-order valence-electron chi connectivity index (χ2n) is 7.84. The Balaban J connectivity index is 1.64. The highest BCUT2D eigenvalue weighted by molar-refractivity contribution is 5.96. The van der Waals surface area contributed by atoms with Gasteiger partial charge in [0.25, 0.3) is 5.91 Å². The van der Waals surface area contributed by atoms with Gasteiger partial charge < -0.3 is 30.3 Å². The number of anilines is 1. The van der Waals surface area contributed by atoms with Gasteiger partial charge in [-0.25, -0.2) is 0 Å². The Morgan fingerprint density at radius 1 is 1.31 bits per heavy atom. The minimum atomic E-state index is -0.906. The summed E-state index contributed by atoms with van der Waals surface area (Å²) >= 11 is 0. The molecule has 0 spiro atoms. The number of methoxy groups -OCH3 is 1. The van der Waals surface area contributed by atoms with Crippen molar-refractivity contribution in [3.8, 4) is 17.2 Å². The number of aliphatic hydroxyl groups excluding tert-OH is 1. The van der Waals surface area contributed by atoms with Crippen LogP contribution in [0.15, 0.2) is 36.4 Å². The maximum absolute atomic E-state index is 11.5. The third-order valence-electron chi connectivity index (χ3n) is 5.07. The molecule has 0 fully saturated rings. The van der Waals surface area contributed by atoms with Gasteiger partial charge in [0, 0.05) is 23.7 Å². The number of aliphatic hydroxyl groups is 1. The Hall–Kier alpha value is -2.77. The van der Waals surface area contributed by atoms with Crippen molar-refractivity contribution in [3.05, 3.63) is 47.5 Å². The lowest BCUT2D eigenvalue weighted by Gasteiger charge is -2.29. The van der Waals surface area contributed by atoms with Gasteiger partial charge in [0.2, 0.25) is 0 Å². The maximum atomic E-state index is 11.5. The molecule has 0 bridgehead atoms. The van der Waals surface area contributed by atoms with E-state index in [2.05, 4.69) is 30.5 Å². The van der Waals surface area contributed by atoms with Crippen LogP contribution in [0.3, 0.4) is 0 Å². The highest BCUT2D eigenvalue weighted by Crippen LogP contribution is 2.38. The highest BCUT2D eigenvalue weighted by Gasteiger charge is 2.26. The van der Waals surface area contributed by atoms with Crippen molar-refractivity contribution < 1.29 is 24.5 Å². The molecule has 1 amide bonds. The molecule has 0 aliphatic carbocycles. The van der Waals surface area contributed by atoms with Crippen molar-refractivity contribution in [2.75, 3.05) is 25.6 Å². The number of ether oxygens (including phenoxy) is 2. The number of amides is 1. The van der Waals surface area contributed by atoms with Crippen molar-refractivity contribution >= 4 is 11.6 Å². The zero-order valence-electron chi connectivity index (χ0n) is 17.0. The van der Waals surface area contributed by atoms with E-state index in [0.717, 1.165) is 24.2 Å². The highest BCUT2D eigenvalue weighted by atomic mass is 16.5. The van der Waals surface area contributed by atoms with Crippen molar-refractivity contribution in [1.29, 1.82) is 0 Å². The summed E-state index contributed by atoms with van der Waals surface area (Å²) in [5.41, 5.74) is 1.70. The van der Waals surface area contributed by atoms with Gasteiger partial charge in [-0.15, -0.1) is 0 Å². The molecule has 0 unspecified atom stereocenters. The van der Waals surface area contributed by atoms with E-state index >= 15 is 0 Å². The summed E-state index contributed by atoms with van der Waals surface area (Å²) < 4.78 is 10.9. The lowest BCUT2D eigenvalue weighted by molar-refractivity contribution is -0.118. The number of aromatic hydroxyl groups is 1. The molecule has 3 rings (SSSR count). The molecule has 1 aliphatic rings. The third kappa shape index (κ3) is 5.19. The van der Waals surface area contributed by atoms with Gasteiger partial charge in [-0.05, 0) is 44.4 Å². The van der Waals surface area contributed by atoms with Crippen LogP contribution < -0.4 is 20.1 Å². The van der Waals surface area contributed by atoms with Crippen LogP contribution in [-0.2, 0) is 11.2 Å². The third-order valence-corrected chi connectivity index (χ3v) is 5.07. The van der Waals surface area contributed by atoms with Crippen molar-refractivity contribution in [2.24, 2.45) is 0 Å². The molecule has 2 aromatic carbocycles. The van der Waals surface area contributed by atoms with Gasteiger partial charge in [-0.3, -0.25) is 4.79 Å². The van der Waals surface area contributed by atoms with Gasteiger partial charge >= 0.3 is 0 Å². The molecule has 0 aromatic heterocycles. The number of carbonyl (C=O) groups is 1. The van der Waals surface area contributed by atoms with E-state index in [4.69, 9.17) is 9.47 Å². The smallest absolute Gasteiger partial charge is 0.262 e. The van der Waals surface area contributed by atoms with Gasteiger partial charge in [0.05, 0.1) is 18.9 Å². The van der Waals surface area contributed by atoms with E-state index in [9.17, 15) is 15.0 Å². The Kier molecular flexibility index (Phi) is 6.30. The first kappa shape index (κ1) is 21.0. The normalized spacial score (nSPS) is 14.6. The molecule has 29 heavy (non-hydrogen) atoms. The van der Waals surface area contributed by atoms with E-state index in [-0.39, 0.29) is 30.3 Å². The van der Waals surface area contributed by atoms with Gasteiger partial charge in [0.1, 0.15) is 17.2 Å². The summed E-state index contributed by atoms with van der Waals surface area (Å²) in [7, 11) is 1.67. The second kappa shape index (κ2) is 8.71. The Labute approximate surface area is 170 Å². The van der Waals surface area contributed by atoms with Crippen molar-refractivity contribution in [1.82, 2.24) is 5.32 Å². The largest absolute Gasteiger partial charge is 0.508 e. The van der Waals surface area contributed by atoms with Gasteiger partial charge in [-0.2, -0.15) is 0 Å². The predicted molar refractivity (Wildman–Crippen MR) is 111 cm³/mol. The first-order valence-electron chi connectivity index (χ1n) is 9.63. The fourth-order valence-electron chi connectivity index (χ4n) is 3.39. The maximum Gasteiger partial charge on any atom is 0.262 e. The van der Waals surface area contributed by atoms with Crippen LogP contribution in [0.5, 0.6) is 17.2 Å². The molecule has 0 radical (unpaired) electrons.